The zero-order valence-corrected chi connectivity index (χ0v) is 19.3. The number of hydrogen-bond acceptors (Lipinski definition) is 6. The third-order valence-corrected chi connectivity index (χ3v) is 8.19. The molecule has 0 spiro atoms. The van der Waals surface area contributed by atoms with E-state index in [0.717, 1.165) is 47.9 Å². The molecule has 1 aromatic carbocycles. The van der Waals surface area contributed by atoms with E-state index in [1.54, 1.807) is 11.8 Å². The number of oxazole rings is 1. The Bertz CT molecular complexity index is 1080. The summed E-state index contributed by atoms with van der Waals surface area (Å²) in [5.41, 5.74) is 2.45. The topological polar surface area (TPSA) is 60.0 Å². The maximum Gasteiger partial charge on any atom is 0.202 e. The molecule has 1 aliphatic heterocycles. The minimum atomic E-state index is 0.287. The van der Waals surface area contributed by atoms with Crippen molar-refractivity contribution in [3.05, 3.63) is 45.9 Å². The number of piperidine rings is 1. The quantitative estimate of drug-likeness (QED) is 0.368. The van der Waals surface area contributed by atoms with Crippen molar-refractivity contribution >= 4 is 35.0 Å². The Labute approximate surface area is 190 Å². The zero-order chi connectivity index (χ0) is 20.9. The second kappa shape index (κ2) is 7.86. The number of likely N-dealkylation sites (tertiary alicyclic amines) is 1. The SMILES string of the molecule is Cc1ncoc1-c1nnc(SCCCN2C[C@H]3C[C@@]3(c3ccc(Cl)c(Cl)c3)C2)n1C. The Kier molecular flexibility index (Phi) is 5.34. The van der Waals surface area contributed by atoms with E-state index >= 15 is 0 Å². The Balaban J connectivity index is 1.13. The van der Waals surface area contributed by atoms with Crippen LogP contribution in [0, 0.1) is 12.8 Å². The molecule has 5 rings (SSSR count). The van der Waals surface area contributed by atoms with Crippen LogP contribution in [0.1, 0.15) is 24.1 Å². The Hall–Kier alpha value is -1.54. The highest BCUT2D eigenvalue weighted by Gasteiger charge is 2.60. The molecule has 1 saturated carbocycles. The molecule has 2 aromatic heterocycles. The van der Waals surface area contributed by atoms with Crippen LogP contribution in [0.15, 0.2) is 34.2 Å². The number of halogens is 2. The molecule has 2 fully saturated rings. The number of rotatable bonds is 7. The predicted molar refractivity (Wildman–Crippen MR) is 119 cm³/mol. The first-order valence-electron chi connectivity index (χ1n) is 10.1. The van der Waals surface area contributed by atoms with Gasteiger partial charge in [0.15, 0.2) is 17.3 Å². The lowest BCUT2D eigenvalue weighted by atomic mass is 9.95. The minimum absolute atomic E-state index is 0.287. The van der Waals surface area contributed by atoms with E-state index in [1.165, 1.54) is 24.9 Å². The maximum atomic E-state index is 6.25. The summed E-state index contributed by atoms with van der Waals surface area (Å²) in [6.07, 6.45) is 3.81. The van der Waals surface area contributed by atoms with Gasteiger partial charge in [-0.3, -0.25) is 0 Å². The molecular formula is C21H23Cl2N5OS. The first-order valence-corrected chi connectivity index (χ1v) is 11.8. The molecule has 9 heteroatoms. The van der Waals surface area contributed by atoms with Gasteiger partial charge in [0.05, 0.1) is 15.7 Å². The van der Waals surface area contributed by atoms with E-state index in [9.17, 15) is 0 Å². The van der Waals surface area contributed by atoms with Crippen LogP contribution in [-0.2, 0) is 12.5 Å². The number of aryl methyl sites for hydroxylation is 1. The van der Waals surface area contributed by atoms with Gasteiger partial charge in [-0.2, -0.15) is 0 Å². The first kappa shape index (κ1) is 20.4. The van der Waals surface area contributed by atoms with Crippen LogP contribution < -0.4 is 0 Å². The molecule has 2 aliphatic rings. The summed E-state index contributed by atoms with van der Waals surface area (Å²) in [4.78, 5) is 6.72. The molecule has 0 bridgehead atoms. The summed E-state index contributed by atoms with van der Waals surface area (Å²) in [5, 5.41) is 10.8. The van der Waals surface area contributed by atoms with Crippen LogP contribution in [0.3, 0.4) is 0 Å². The molecule has 0 radical (unpaired) electrons. The summed E-state index contributed by atoms with van der Waals surface area (Å²) < 4.78 is 7.42. The Morgan fingerprint density at radius 1 is 1.27 bits per heavy atom. The zero-order valence-electron chi connectivity index (χ0n) is 16.9. The Morgan fingerprint density at radius 2 is 2.13 bits per heavy atom. The Morgan fingerprint density at radius 3 is 2.90 bits per heavy atom. The summed E-state index contributed by atoms with van der Waals surface area (Å²) >= 11 is 14.1. The summed E-state index contributed by atoms with van der Waals surface area (Å²) in [6, 6.07) is 6.14. The molecule has 2 atom stereocenters. The molecule has 0 amide bonds. The van der Waals surface area contributed by atoms with Gasteiger partial charge in [0.1, 0.15) is 0 Å². The maximum absolute atomic E-state index is 6.25. The van der Waals surface area contributed by atoms with E-state index in [4.69, 9.17) is 27.6 Å². The van der Waals surface area contributed by atoms with Gasteiger partial charge in [0.2, 0.25) is 5.82 Å². The molecule has 3 aromatic rings. The second-order valence-electron chi connectivity index (χ2n) is 8.26. The summed E-state index contributed by atoms with van der Waals surface area (Å²) in [7, 11) is 1.97. The van der Waals surface area contributed by atoms with Crippen LogP contribution in [0.25, 0.3) is 11.6 Å². The lowest BCUT2D eigenvalue weighted by Crippen LogP contribution is -2.27. The van der Waals surface area contributed by atoms with Crippen molar-refractivity contribution < 1.29 is 4.42 Å². The third-order valence-electron chi connectivity index (χ3n) is 6.34. The molecule has 30 heavy (non-hydrogen) atoms. The van der Waals surface area contributed by atoms with Crippen LogP contribution in [0.5, 0.6) is 0 Å². The lowest BCUT2D eigenvalue weighted by molar-refractivity contribution is 0.299. The van der Waals surface area contributed by atoms with Crippen molar-refractivity contribution in [1.82, 2.24) is 24.6 Å². The van der Waals surface area contributed by atoms with Gasteiger partial charge in [-0.15, -0.1) is 10.2 Å². The van der Waals surface area contributed by atoms with Gasteiger partial charge in [-0.05, 0) is 49.9 Å². The fraction of sp³-hybridized carbons (Fsp3) is 0.476. The van der Waals surface area contributed by atoms with Gasteiger partial charge in [-0.25, -0.2) is 4.98 Å². The number of fused-ring (bicyclic) bond motifs is 1. The predicted octanol–water partition coefficient (Wildman–Crippen LogP) is 4.84. The number of hydrogen-bond donors (Lipinski definition) is 0. The average Bonchev–Trinajstić information content (AvgIpc) is 3.02. The van der Waals surface area contributed by atoms with Gasteiger partial charge < -0.3 is 13.9 Å². The number of thioether (sulfide) groups is 1. The minimum Gasteiger partial charge on any atom is -0.440 e. The molecular weight excluding hydrogens is 441 g/mol. The van der Waals surface area contributed by atoms with E-state index in [0.29, 0.717) is 15.8 Å². The highest BCUT2D eigenvalue weighted by molar-refractivity contribution is 7.99. The van der Waals surface area contributed by atoms with Crippen molar-refractivity contribution in [3.63, 3.8) is 0 Å². The number of nitrogens with zero attached hydrogens (tertiary/aromatic N) is 5. The van der Waals surface area contributed by atoms with Gasteiger partial charge in [0, 0.05) is 31.3 Å². The molecule has 1 aliphatic carbocycles. The van der Waals surface area contributed by atoms with Crippen LogP contribution >= 0.6 is 35.0 Å². The second-order valence-corrected chi connectivity index (χ2v) is 10.1. The molecule has 1 saturated heterocycles. The van der Waals surface area contributed by atoms with Crippen molar-refractivity contribution in [2.45, 2.75) is 30.3 Å². The fourth-order valence-corrected chi connectivity index (χ4v) is 5.75. The van der Waals surface area contributed by atoms with Crippen molar-refractivity contribution in [2.24, 2.45) is 13.0 Å². The van der Waals surface area contributed by atoms with Crippen LogP contribution in [0.4, 0.5) is 0 Å². The van der Waals surface area contributed by atoms with Crippen molar-refractivity contribution in [1.29, 1.82) is 0 Å². The van der Waals surface area contributed by atoms with Crippen molar-refractivity contribution in [3.8, 4) is 11.6 Å². The summed E-state index contributed by atoms with van der Waals surface area (Å²) in [5.74, 6) is 3.15. The average molecular weight is 464 g/mol. The smallest absolute Gasteiger partial charge is 0.202 e. The highest BCUT2D eigenvalue weighted by atomic mass is 35.5. The first-order chi connectivity index (χ1) is 14.5. The highest BCUT2D eigenvalue weighted by Crippen LogP contribution is 2.59. The third kappa shape index (κ3) is 3.55. The molecule has 0 N–H and O–H groups in total. The molecule has 158 valence electrons. The molecule has 6 nitrogen and oxygen atoms in total. The van der Waals surface area contributed by atoms with Gasteiger partial charge in [-0.1, -0.05) is 41.0 Å². The number of aromatic nitrogens is 4. The molecule has 3 heterocycles. The van der Waals surface area contributed by atoms with Crippen molar-refractivity contribution in [2.75, 3.05) is 25.4 Å². The van der Waals surface area contributed by atoms with E-state index in [1.807, 2.05) is 24.6 Å². The lowest BCUT2D eigenvalue weighted by Gasteiger charge is -2.21. The van der Waals surface area contributed by atoms with E-state index < -0.39 is 0 Å². The van der Waals surface area contributed by atoms with Gasteiger partial charge in [0.25, 0.3) is 0 Å². The molecule has 0 unspecified atom stereocenters. The summed E-state index contributed by atoms with van der Waals surface area (Å²) in [6.45, 7) is 5.28. The standard InChI is InChI=1S/C21H23Cl2N5OS/c1-13-18(29-12-24-13)19-25-26-20(27(19)2)30-7-3-6-28-10-15-9-21(15,11-28)14-4-5-16(22)17(23)8-14/h4-5,8,12,15H,3,6-7,9-11H2,1-2H3/t15-,21+/m1/s1. The number of benzene rings is 1. The fourth-order valence-electron chi connectivity index (χ4n) is 4.62. The van der Waals surface area contributed by atoms with Crippen LogP contribution in [-0.4, -0.2) is 50.0 Å². The largest absolute Gasteiger partial charge is 0.440 e. The monoisotopic (exact) mass is 463 g/mol. The normalized spacial score (nSPS) is 23.1. The van der Waals surface area contributed by atoms with E-state index in [2.05, 4.69) is 32.2 Å². The van der Waals surface area contributed by atoms with Crippen LogP contribution in [0.2, 0.25) is 10.0 Å². The van der Waals surface area contributed by atoms with E-state index in [-0.39, 0.29) is 5.41 Å². The van der Waals surface area contributed by atoms with Gasteiger partial charge >= 0.3 is 0 Å².